The van der Waals surface area contributed by atoms with Gasteiger partial charge in [0, 0.05) is 0 Å². The van der Waals surface area contributed by atoms with Gasteiger partial charge in [0.15, 0.2) is 0 Å². The molecule has 0 rings (SSSR count). The van der Waals surface area contributed by atoms with Crippen LogP contribution in [0, 0.1) is 5.92 Å². The van der Waals surface area contributed by atoms with Crippen LogP contribution in [0.5, 0.6) is 0 Å². The Morgan fingerprint density at radius 3 is 2.27 bits per heavy atom. The fourth-order valence-corrected chi connectivity index (χ4v) is 1.18. The Morgan fingerprint density at radius 1 is 1.45 bits per heavy atom. The van der Waals surface area contributed by atoms with Gasteiger partial charge in [0.1, 0.15) is 0 Å². The maximum atomic E-state index is 3.87. The van der Waals surface area contributed by atoms with Crippen molar-refractivity contribution in [3.8, 4) is 0 Å². The Hall–Kier alpha value is -0.520. The van der Waals surface area contributed by atoms with Crippen molar-refractivity contribution >= 4 is 0 Å². The average molecular weight is 152 g/mol. The first-order valence-electron chi connectivity index (χ1n) is 4.41. The molecular formula is C11H20. The molecule has 0 radical (unpaired) electrons. The molecule has 0 aromatic rings. The molecular weight excluding hydrogens is 132 g/mol. The van der Waals surface area contributed by atoms with Crippen molar-refractivity contribution in [3.05, 3.63) is 23.8 Å². The van der Waals surface area contributed by atoms with Gasteiger partial charge in [-0.15, -0.1) is 0 Å². The Balaban J connectivity index is 4.05. The van der Waals surface area contributed by atoms with Gasteiger partial charge in [-0.1, -0.05) is 44.6 Å². The van der Waals surface area contributed by atoms with E-state index in [0.717, 1.165) is 12.3 Å². The number of hydrogen-bond acceptors (Lipinski definition) is 0. The van der Waals surface area contributed by atoms with Crippen molar-refractivity contribution in [2.75, 3.05) is 0 Å². The predicted molar refractivity (Wildman–Crippen MR) is 52.6 cm³/mol. The first kappa shape index (κ1) is 10.5. The molecule has 0 spiro atoms. The third-order valence-corrected chi connectivity index (χ3v) is 1.58. The summed E-state index contributed by atoms with van der Waals surface area (Å²) in [7, 11) is 0. The molecule has 0 aliphatic carbocycles. The molecule has 11 heavy (non-hydrogen) atoms. The van der Waals surface area contributed by atoms with Crippen LogP contribution in [0.2, 0.25) is 0 Å². The lowest BCUT2D eigenvalue weighted by Crippen LogP contribution is -1.90. The van der Waals surface area contributed by atoms with Gasteiger partial charge in [-0.05, 0) is 25.7 Å². The third-order valence-electron chi connectivity index (χ3n) is 1.58. The second kappa shape index (κ2) is 5.17. The van der Waals surface area contributed by atoms with Crippen LogP contribution in [0.25, 0.3) is 0 Å². The van der Waals surface area contributed by atoms with E-state index in [9.17, 15) is 0 Å². The third kappa shape index (κ3) is 5.90. The van der Waals surface area contributed by atoms with Crippen LogP contribution in [-0.2, 0) is 0 Å². The van der Waals surface area contributed by atoms with Crippen LogP contribution in [0.15, 0.2) is 23.8 Å². The summed E-state index contributed by atoms with van der Waals surface area (Å²) >= 11 is 0. The topological polar surface area (TPSA) is 0 Å². The number of hydrogen-bond donors (Lipinski definition) is 0. The molecule has 0 bridgehead atoms. The Bertz CT molecular complexity index is 149. The zero-order chi connectivity index (χ0) is 8.85. The molecule has 0 saturated heterocycles. The molecule has 0 aliphatic rings. The lowest BCUT2D eigenvalue weighted by Gasteiger charge is -2.07. The number of rotatable bonds is 4. The van der Waals surface area contributed by atoms with Gasteiger partial charge in [-0.3, -0.25) is 0 Å². The largest absolute Gasteiger partial charge is 0.0961 e. The summed E-state index contributed by atoms with van der Waals surface area (Å²) in [6.45, 7) is 12.6. The minimum atomic E-state index is 0.764. The van der Waals surface area contributed by atoms with Crippen LogP contribution in [-0.4, -0.2) is 0 Å². The van der Waals surface area contributed by atoms with E-state index in [-0.39, 0.29) is 0 Å². The van der Waals surface area contributed by atoms with Gasteiger partial charge in [0.2, 0.25) is 0 Å². The molecule has 0 amide bonds. The van der Waals surface area contributed by atoms with Crippen molar-refractivity contribution in [2.24, 2.45) is 5.92 Å². The molecule has 0 atom stereocenters. The first-order valence-corrected chi connectivity index (χ1v) is 4.41. The fourth-order valence-electron chi connectivity index (χ4n) is 1.18. The summed E-state index contributed by atoms with van der Waals surface area (Å²) < 4.78 is 0. The summed E-state index contributed by atoms with van der Waals surface area (Å²) in [5.41, 5.74) is 2.69. The van der Waals surface area contributed by atoms with E-state index < -0.39 is 0 Å². The molecule has 0 aromatic heterocycles. The highest BCUT2D eigenvalue weighted by atomic mass is 14.0. The van der Waals surface area contributed by atoms with Crippen LogP contribution >= 0.6 is 0 Å². The van der Waals surface area contributed by atoms with Crippen molar-refractivity contribution in [1.82, 2.24) is 0 Å². The van der Waals surface area contributed by atoms with Crippen molar-refractivity contribution in [3.63, 3.8) is 0 Å². The molecule has 0 aromatic carbocycles. The van der Waals surface area contributed by atoms with E-state index >= 15 is 0 Å². The molecule has 0 unspecified atom stereocenters. The maximum Gasteiger partial charge on any atom is -0.0294 e. The highest BCUT2D eigenvalue weighted by Gasteiger charge is 1.97. The average Bonchev–Trinajstić information content (AvgIpc) is 1.84. The maximum absolute atomic E-state index is 3.87. The van der Waals surface area contributed by atoms with Gasteiger partial charge in [0.05, 0.1) is 0 Å². The van der Waals surface area contributed by atoms with Crippen LogP contribution in [0.1, 0.15) is 40.5 Å². The zero-order valence-electron chi connectivity index (χ0n) is 8.28. The summed E-state index contributed by atoms with van der Waals surface area (Å²) in [5, 5.41) is 0. The minimum absolute atomic E-state index is 0.764. The van der Waals surface area contributed by atoms with E-state index in [1.165, 1.54) is 17.6 Å². The highest BCUT2D eigenvalue weighted by molar-refractivity contribution is 5.18. The molecule has 0 fully saturated rings. The van der Waals surface area contributed by atoms with E-state index in [4.69, 9.17) is 0 Å². The fraction of sp³-hybridized carbons (Fsp3) is 0.636. The summed E-state index contributed by atoms with van der Waals surface area (Å²) in [5.74, 6) is 0.764. The highest BCUT2D eigenvalue weighted by Crippen LogP contribution is 2.15. The van der Waals surface area contributed by atoms with E-state index in [1.807, 2.05) is 0 Å². The normalized spacial score (nSPS) is 12.3. The second-order valence-corrected chi connectivity index (χ2v) is 3.60. The van der Waals surface area contributed by atoms with E-state index in [1.54, 1.807) is 0 Å². The van der Waals surface area contributed by atoms with Crippen molar-refractivity contribution in [1.29, 1.82) is 0 Å². The monoisotopic (exact) mass is 152 g/mol. The Kier molecular flexibility index (Phi) is 4.93. The van der Waals surface area contributed by atoms with Gasteiger partial charge in [-0.2, -0.15) is 0 Å². The quantitative estimate of drug-likeness (QED) is 0.535. The predicted octanol–water partition coefficient (Wildman–Crippen LogP) is 3.95. The van der Waals surface area contributed by atoms with Crippen LogP contribution in [0.3, 0.4) is 0 Å². The van der Waals surface area contributed by atoms with Crippen LogP contribution < -0.4 is 0 Å². The SMILES string of the molecule is C=C(C)C=C(CC)CC(C)C. The molecule has 64 valence electrons. The van der Waals surface area contributed by atoms with Crippen molar-refractivity contribution < 1.29 is 0 Å². The minimum Gasteiger partial charge on any atom is -0.0961 e. The molecule has 0 aliphatic heterocycles. The van der Waals surface area contributed by atoms with Gasteiger partial charge in [0.25, 0.3) is 0 Å². The summed E-state index contributed by atoms with van der Waals surface area (Å²) in [4.78, 5) is 0. The van der Waals surface area contributed by atoms with Gasteiger partial charge in [-0.25, -0.2) is 0 Å². The van der Waals surface area contributed by atoms with Crippen LogP contribution in [0.4, 0.5) is 0 Å². The Morgan fingerprint density at radius 2 is 2.00 bits per heavy atom. The van der Waals surface area contributed by atoms with E-state index in [0.29, 0.717) is 0 Å². The molecule has 0 nitrogen and oxygen atoms in total. The number of allylic oxidation sites excluding steroid dienone is 3. The second-order valence-electron chi connectivity index (χ2n) is 3.60. The lowest BCUT2D eigenvalue weighted by molar-refractivity contribution is 0.630. The molecule has 0 N–H and O–H groups in total. The standard InChI is InChI=1S/C11H20/c1-6-11(7-9(2)3)8-10(4)5/h7,10H,2,6,8H2,1,3-5H3. The summed E-state index contributed by atoms with van der Waals surface area (Å²) in [6, 6.07) is 0. The van der Waals surface area contributed by atoms with Gasteiger partial charge >= 0.3 is 0 Å². The van der Waals surface area contributed by atoms with E-state index in [2.05, 4.69) is 40.3 Å². The lowest BCUT2D eigenvalue weighted by atomic mass is 9.99. The first-order chi connectivity index (χ1) is 5.06. The summed E-state index contributed by atoms with van der Waals surface area (Å²) in [6.07, 6.45) is 4.58. The molecule has 0 heterocycles. The molecule has 0 saturated carbocycles. The molecule has 0 heteroatoms. The smallest absolute Gasteiger partial charge is 0.0294 e. The van der Waals surface area contributed by atoms with Gasteiger partial charge < -0.3 is 0 Å². The van der Waals surface area contributed by atoms with Crippen molar-refractivity contribution in [2.45, 2.75) is 40.5 Å². The Labute approximate surface area is 71.0 Å². The zero-order valence-corrected chi connectivity index (χ0v) is 8.28.